The van der Waals surface area contributed by atoms with E-state index in [1.807, 2.05) is 48.7 Å². The first kappa shape index (κ1) is 26.7. The van der Waals surface area contributed by atoms with E-state index >= 15 is 0 Å². The van der Waals surface area contributed by atoms with Gasteiger partial charge in [0.05, 0.1) is 4.90 Å². The largest absolute Gasteiger partial charge is 0.454 e. The monoisotopic (exact) mass is 532 g/mol. The van der Waals surface area contributed by atoms with Crippen LogP contribution in [0.25, 0.3) is 11.1 Å². The van der Waals surface area contributed by atoms with Crippen LogP contribution in [0, 0.1) is 0 Å². The molecule has 0 aliphatic heterocycles. The van der Waals surface area contributed by atoms with Gasteiger partial charge in [0.2, 0.25) is 10.0 Å². The molecule has 0 saturated heterocycles. The Morgan fingerprint density at radius 3 is 2.20 bits per heavy atom. The third-order valence-electron chi connectivity index (χ3n) is 4.94. The Labute approximate surface area is 214 Å². The molecule has 0 fully saturated rings. The van der Waals surface area contributed by atoms with Crippen molar-refractivity contribution in [2.75, 3.05) is 23.9 Å². The van der Waals surface area contributed by atoms with E-state index in [9.17, 15) is 18.0 Å². The quantitative estimate of drug-likeness (QED) is 0.350. The smallest absolute Gasteiger partial charge is 0.324 e. The van der Waals surface area contributed by atoms with Gasteiger partial charge in [-0.3, -0.25) is 9.59 Å². The first-order valence-corrected chi connectivity index (χ1v) is 13.9. The lowest BCUT2D eigenvalue weighted by Crippen LogP contribution is -2.43. The van der Waals surface area contributed by atoms with Gasteiger partial charge in [0.1, 0.15) is 6.04 Å². The summed E-state index contributed by atoms with van der Waals surface area (Å²) >= 11 is 7.28. The van der Waals surface area contributed by atoms with Gasteiger partial charge in [-0.1, -0.05) is 54.1 Å². The molecule has 3 aromatic rings. The molecule has 0 heterocycles. The number of carbonyl (C=O) groups excluding carboxylic acids is 2. The molecular weight excluding hydrogens is 508 g/mol. The van der Waals surface area contributed by atoms with Crippen LogP contribution in [0.5, 0.6) is 0 Å². The number of nitrogens with one attached hydrogen (secondary N) is 2. The molecule has 0 unspecified atom stereocenters. The highest BCUT2D eigenvalue weighted by atomic mass is 35.5. The maximum absolute atomic E-state index is 12.7. The number of thioether (sulfide) groups is 1. The molecule has 0 aromatic heterocycles. The number of anilines is 1. The van der Waals surface area contributed by atoms with E-state index in [-0.39, 0.29) is 11.3 Å². The second-order valence-corrected chi connectivity index (χ2v) is 10.6. The minimum absolute atomic E-state index is 0.0273. The minimum atomic E-state index is -3.99. The van der Waals surface area contributed by atoms with Crippen molar-refractivity contribution in [3.8, 4) is 11.1 Å². The van der Waals surface area contributed by atoms with Crippen molar-refractivity contribution in [2.45, 2.75) is 17.4 Å². The molecule has 3 rings (SSSR count). The molecule has 0 aliphatic rings. The van der Waals surface area contributed by atoms with E-state index in [0.717, 1.165) is 11.1 Å². The van der Waals surface area contributed by atoms with Gasteiger partial charge < -0.3 is 10.1 Å². The number of sulfonamides is 1. The molecule has 10 heteroatoms. The molecule has 0 bridgehead atoms. The number of rotatable bonds is 11. The summed E-state index contributed by atoms with van der Waals surface area (Å²) in [5.74, 6) is -0.843. The highest BCUT2D eigenvalue weighted by molar-refractivity contribution is 7.98. The zero-order chi connectivity index (χ0) is 25.3. The molecule has 0 spiro atoms. The van der Waals surface area contributed by atoms with Crippen molar-refractivity contribution in [1.29, 1.82) is 0 Å². The summed E-state index contributed by atoms with van der Waals surface area (Å²) in [4.78, 5) is 24.9. The SMILES string of the molecule is CSCC[C@@H](NS(=O)(=O)c1ccc(Cl)cc1)C(=O)OCC(=O)Nc1ccc(-c2ccccc2)cc1. The summed E-state index contributed by atoms with van der Waals surface area (Å²) in [7, 11) is -3.99. The molecule has 2 N–H and O–H groups in total. The molecule has 1 amide bonds. The van der Waals surface area contributed by atoms with Gasteiger partial charge in [0.15, 0.2) is 6.61 Å². The Hall–Kier alpha value is -2.85. The van der Waals surface area contributed by atoms with Gasteiger partial charge in [-0.25, -0.2) is 8.42 Å². The van der Waals surface area contributed by atoms with Gasteiger partial charge in [0, 0.05) is 10.7 Å². The van der Waals surface area contributed by atoms with E-state index in [1.165, 1.54) is 36.0 Å². The molecule has 35 heavy (non-hydrogen) atoms. The molecule has 7 nitrogen and oxygen atoms in total. The van der Waals surface area contributed by atoms with Gasteiger partial charge in [0.25, 0.3) is 5.91 Å². The average Bonchev–Trinajstić information content (AvgIpc) is 2.86. The Kier molecular flexibility index (Phi) is 9.73. The summed E-state index contributed by atoms with van der Waals surface area (Å²) in [5.41, 5.74) is 2.60. The highest BCUT2D eigenvalue weighted by Crippen LogP contribution is 2.21. The fourth-order valence-electron chi connectivity index (χ4n) is 3.14. The molecular formula is C25H25ClN2O5S2. The van der Waals surface area contributed by atoms with E-state index in [0.29, 0.717) is 16.5 Å². The standard InChI is InChI=1S/C25H25ClN2O5S2/c1-34-16-15-23(28-35(31,32)22-13-9-20(26)10-14-22)25(30)33-17-24(29)27-21-11-7-19(8-12-21)18-5-3-2-4-6-18/h2-14,23,28H,15-17H2,1H3,(H,27,29)/t23-/m1/s1. The van der Waals surface area contributed by atoms with Gasteiger partial charge in [-0.15, -0.1) is 0 Å². The number of hydrogen-bond donors (Lipinski definition) is 2. The number of halogens is 1. The molecule has 1 atom stereocenters. The van der Waals surface area contributed by atoms with Crippen LogP contribution in [0.4, 0.5) is 5.69 Å². The van der Waals surface area contributed by atoms with Crippen LogP contribution >= 0.6 is 23.4 Å². The van der Waals surface area contributed by atoms with Crippen LogP contribution in [0.3, 0.4) is 0 Å². The average molecular weight is 533 g/mol. The number of esters is 1. The van der Waals surface area contributed by atoms with Crippen LogP contribution in [-0.4, -0.2) is 45.0 Å². The first-order chi connectivity index (χ1) is 16.8. The normalized spacial score (nSPS) is 12.1. The topological polar surface area (TPSA) is 102 Å². The Morgan fingerprint density at radius 1 is 0.943 bits per heavy atom. The van der Waals surface area contributed by atoms with E-state index in [2.05, 4.69) is 10.0 Å². The Balaban J connectivity index is 1.57. The lowest BCUT2D eigenvalue weighted by Gasteiger charge is -2.17. The number of carbonyl (C=O) groups is 2. The first-order valence-electron chi connectivity index (χ1n) is 10.7. The Morgan fingerprint density at radius 2 is 1.57 bits per heavy atom. The van der Waals surface area contributed by atoms with Crippen LogP contribution in [0.15, 0.2) is 83.8 Å². The Bertz CT molecular complexity index is 1240. The van der Waals surface area contributed by atoms with Crippen molar-refractivity contribution < 1.29 is 22.7 Å². The maximum Gasteiger partial charge on any atom is 0.324 e. The van der Waals surface area contributed by atoms with E-state index in [1.54, 1.807) is 12.1 Å². The van der Waals surface area contributed by atoms with Crippen LogP contribution in [0.1, 0.15) is 6.42 Å². The fraction of sp³-hybridized carbons (Fsp3) is 0.200. The lowest BCUT2D eigenvalue weighted by molar-refractivity contribution is -0.149. The van der Waals surface area contributed by atoms with E-state index < -0.39 is 34.5 Å². The summed E-state index contributed by atoms with van der Waals surface area (Å²) in [6, 6.07) is 21.5. The third-order valence-corrected chi connectivity index (χ3v) is 7.32. The third kappa shape index (κ3) is 8.10. The second-order valence-electron chi connectivity index (χ2n) is 7.51. The highest BCUT2D eigenvalue weighted by Gasteiger charge is 2.27. The van der Waals surface area contributed by atoms with E-state index in [4.69, 9.17) is 16.3 Å². The van der Waals surface area contributed by atoms with Crippen molar-refractivity contribution in [3.63, 3.8) is 0 Å². The maximum atomic E-state index is 12.7. The zero-order valence-electron chi connectivity index (χ0n) is 18.9. The molecule has 0 saturated carbocycles. The van der Waals surface area contributed by atoms with Gasteiger partial charge in [-0.05, 0) is 66.0 Å². The fourth-order valence-corrected chi connectivity index (χ4v) is 4.96. The number of ether oxygens (including phenoxy) is 1. The minimum Gasteiger partial charge on any atom is -0.454 e. The number of benzene rings is 3. The number of amides is 1. The molecule has 3 aromatic carbocycles. The van der Waals surface area contributed by atoms with Crippen LogP contribution in [0.2, 0.25) is 5.02 Å². The lowest BCUT2D eigenvalue weighted by atomic mass is 10.1. The summed E-state index contributed by atoms with van der Waals surface area (Å²) in [6.45, 7) is -0.544. The van der Waals surface area contributed by atoms with Crippen molar-refractivity contribution >= 4 is 50.9 Å². The van der Waals surface area contributed by atoms with Gasteiger partial charge in [-0.2, -0.15) is 16.5 Å². The summed E-state index contributed by atoms with van der Waals surface area (Å²) < 4.78 is 32.9. The predicted octanol–water partition coefficient (Wildman–Crippen LogP) is 4.59. The second kappa shape index (κ2) is 12.7. The number of hydrogen-bond acceptors (Lipinski definition) is 6. The predicted molar refractivity (Wildman–Crippen MR) is 140 cm³/mol. The molecule has 184 valence electrons. The summed E-state index contributed by atoms with van der Waals surface area (Å²) in [5, 5.41) is 3.06. The van der Waals surface area contributed by atoms with Crippen molar-refractivity contribution in [3.05, 3.63) is 83.9 Å². The van der Waals surface area contributed by atoms with Gasteiger partial charge >= 0.3 is 5.97 Å². The van der Waals surface area contributed by atoms with Crippen molar-refractivity contribution in [1.82, 2.24) is 4.72 Å². The van der Waals surface area contributed by atoms with Crippen LogP contribution < -0.4 is 10.0 Å². The van der Waals surface area contributed by atoms with Crippen LogP contribution in [-0.2, 0) is 24.3 Å². The van der Waals surface area contributed by atoms with Crippen molar-refractivity contribution in [2.24, 2.45) is 0 Å². The zero-order valence-corrected chi connectivity index (χ0v) is 21.3. The summed E-state index contributed by atoms with van der Waals surface area (Å²) in [6.07, 6.45) is 2.04. The molecule has 0 aliphatic carbocycles. The molecule has 0 radical (unpaired) electrons.